The third kappa shape index (κ3) is 3.67. The lowest BCUT2D eigenvalue weighted by Crippen LogP contribution is -2.43. The molecule has 1 aliphatic heterocycles. The summed E-state index contributed by atoms with van der Waals surface area (Å²) in [4.78, 5) is 14.8. The van der Waals surface area contributed by atoms with E-state index in [-0.39, 0.29) is 23.8 Å². The Morgan fingerprint density at radius 2 is 2.16 bits per heavy atom. The third-order valence-corrected chi connectivity index (χ3v) is 4.65. The molecule has 25 heavy (non-hydrogen) atoms. The predicted molar refractivity (Wildman–Crippen MR) is 94.4 cm³/mol. The number of H-pyrrole nitrogens is 1. The minimum atomic E-state index is -0.230. The number of hydrogen-bond acceptors (Lipinski definition) is 5. The summed E-state index contributed by atoms with van der Waals surface area (Å²) in [6.45, 7) is 5.81. The Balaban J connectivity index is 1.71. The number of nitrogens with one attached hydrogen (secondary N) is 2. The number of carbonyl (C=O) groups is 1. The molecule has 1 aromatic carbocycles. The van der Waals surface area contributed by atoms with Crippen LogP contribution in [0.3, 0.4) is 0 Å². The Bertz CT molecular complexity index is 743. The van der Waals surface area contributed by atoms with Crippen molar-refractivity contribution in [3.63, 3.8) is 0 Å². The standard InChI is InChI=1S/C18H24N4O3/c1-11(2)22-9-15(17(10-22)25-3)19-18(24)14-8-13(20-21-14)12-6-4-5-7-16(12)23/h4-8,11,15,17,23H,9-10H2,1-3H3,(H,19,24)(H,20,21). The van der Waals surface area contributed by atoms with E-state index in [0.29, 0.717) is 23.0 Å². The summed E-state index contributed by atoms with van der Waals surface area (Å²) in [5.74, 6) is -0.101. The number of nitrogens with zero attached hydrogens (tertiary/aromatic N) is 2. The van der Waals surface area contributed by atoms with Gasteiger partial charge in [-0.3, -0.25) is 14.8 Å². The van der Waals surface area contributed by atoms with Gasteiger partial charge in [0.1, 0.15) is 11.4 Å². The van der Waals surface area contributed by atoms with Gasteiger partial charge in [0.25, 0.3) is 5.91 Å². The maximum Gasteiger partial charge on any atom is 0.269 e. The quantitative estimate of drug-likeness (QED) is 0.767. The van der Waals surface area contributed by atoms with E-state index in [4.69, 9.17) is 4.74 Å². The van der Waals surface area contributed by atoms with Crippen molar-refractivity contribution in [1.82, 2.24) is 20.4 Å². The Kier molecular flexibility index (Phi) is 5.06. The van der Waals surface area contributed by atoms with Gasteiger partial charge in [0.15, 0.2) is 0 Å². The average Bonchev–Trinajstić information content (AvgIpc) is 3.22. The van der Waals surface area contributed by atoms with Gasteiger partial charge in [0.05, 0.1) is 17.8 Å². The fourth-order valence-electron chi connectivity index (χ4n) is 3.11. The number of amides is 1. The number of aromatic nitrogens is 2. The number of rotatable bonds is 5. The normalized spacial score (nSPS) is 21.0. The van der Waals surface area contributed by atoms with E-state index in [2.05, 4.69) is 34.3 Å². The Morgan fingerprint density at radius 1 is 1.40 bits per heavy atom. The number of ether oxygens (including phenoxy) is 1. The number of carbonyl (C=O) groups excluding carboxylic acids is 1. The molecule has 1 amide bonds. The summed E-state index contributed by atoms with van der Waals surface area (Å²) < 4.78 is 5.52. The number of aromatic amines is 1. The zero-order chi connectivity index (χ0) is 18.0. The fraction of sp³-hybridized carbons (Fsp3) is 0.444. The first kappa shape index (κ1) is 17.4. The summed E-state index contributed by atoms with van der Waals surface area (Å²) in [6.07, 6.45) is -0.0353. The van der Waals surface area contributed by atoms with E-state index < -0.39 is 0 Å². The molecule has 7 heteroatoms. The number of phenolic OH excluding ortho intramolecular Hbond substituents is 1. The Morgan fingerprint density at radius 3 is 2.84 bits per heavy atom. The molecular formula is C18H24N4O3. The Hall–Kier alpha value is -2.38. The van der Waals surface area contributed by atoms with Gasteiger partial charge in [-0.05, 0) is 32.0 Å². The highest BCUT2D eigenvalue weighted by molar-refractivity contribution is 5.93. The number of phenols is 1. The minimum absolute atomic E-state index is 0.0353. The van der Waals surface area contributed by atoms with Crippen LogP contribution in [0, 0.1) is 0 Å². The van der Waals surface area contributed by atoms with Gasteiger partial charge in [0.2, 0.25) is 0 Å². The summed E-state index contributed by atoms with van der Waals surface area (Å²) in [7, 11) is 1.67. The van der Waals surface area contributed by atoms with Crippen LogP contribution in [0.5, 0.6) is 5.75 Å². The molecule has 1 fully saturated rings. The van der Waals surface area contributed by atoms with E-state index >= 15 is 0 Å². The number of para-hydroxylation sites is 1. The molecule has 3 rings (SSSR count). The molecule has 0 aliphatic carbocycles. The lowest BCUT2D eigenvalue weighted by molar-refractivity contribution is 0.0750. The van der Waals surface area contributed by atoms with Crippen LogP contribution in [0.15, 0.2) is 30.3 Å². The average molecular weight is 344 g/mol. The van der Waals surface area contributed by atoms with Gasteiger partial charge in [-0.1, -0.05) is 12.1 Å². The van der Waals surface area contributed by atoms with Crippen molar-refractivity contribution in [3.05, 3.63) is 36.0 Å². The molecule has 1 aromatic heterocycles. The first-order chi connectivity index (χ1) is 12.0. The lowest BCUT2D eigenvalue weighted by atomic mass is 10.1. The second kappa shape index (κ2) is 7.25. The molecule has 1 aliphatic rings. The van der Waals surface area contributed by atoms with E-state index in [1.54, 1.807) is 31.4 Å². The van der Waals surface area contributed by atoms with Crippen LogP contribution in [0.4, 0.5) is 0 Å². The van der Waals surface area contributed by atoms with Crippen LogP contribution in [0.25, 0.3) is 11.3 Å². The second-order valence-corrected chi connectivity index (χ2v) is 6.59. The van der Waals surface area contributed by atoms with Gasteiger partial charge in [-0.15, -0.1) is 0 Å². The van der Waals surface area contributed by atoms with Gasteiger partial charge in [-0.25, -0.2) is 0 Å². The zero-order valence-electron chi connectivity index (χ0n) is 14.7. The zero-order valence-corrected chi connectivity index (χ0v) is 14.7. The number of benzene rings is 1. The van der Waals surface area contributed by atoms with Crippen molar-refractivity contribution in [2.45, 2.75) is 32.0 Å². The highest BCUT2D eigenvalue weighted by Crippen LogP contribution is 2.27. The monoisotopic (exact) mass is 344 g/mol. The highest BCUT2D eigenvalue weighted by Gasteiger charge is 2.35. The number of methoxy groups -OCH3 is 1. The van der Waals surface area contributed by atoms with E-state index in [9.17, 15) is 9.90 Å². The first-order valence-electron chi connectivity index (χ1n) is 8.41. The van der Waals surface area contributed by atoms with E-state index in [1.165, 1.54) is 0 Å². The largest absolute Gasteiger partial charge is 0.507 e. The number of likely N-dealkylation sites (tertiary alicyclic amines) is 1. The van der Waals surface area contributed by atoms with Crippen molar-refractivity contribution >= 4 is 5.91 Å². The van der Waals surface area contributed by atoms with Crippen molar-refractivity contribution in [3.8, 4) is 17.0 Å². The van der Waals surface area contributed by atoms with Crippen LogP contribution in [-0.2, 0) is 4.74 Å². The molecule has 3 N–H and O–H groups in total. The highest BCUT2D eigenvalue weighted by atomic mass is 16.5. The molecule has 2 unspecified atom stereocenters. The van der Waals surface area contributed by atoms with Crippen molar-refractivity contribution in [2.24, 2.45) is 0 Å². The topological polar surface area (TPSA) is 90.5 Å². The van der Waals surface area contributed by atoms with Crippen LogP contribution >= 0.6 is 0 Å². The summed E-state index contributed by atoms with van der Waals surface area (Å²) >= 11 is 0. The minimum Gasteiger partial charge on any atom is -0.507 e. The summed E-state index contributed by atoms with van der Waals surface area (Å²) in [5.41, 5.74) is 1.47. The molecular weight excluding hydrogens is 320 g/mol. The first-order valence-corrected chi connectivity index (χ1v) is 8.41. The second-order valence-electron chi connectivity index (χ2n) is 6.59. The molecule has 0 saturated carbocycles. The molecule has 7 nitrogen and oxygen atoms in total. The molecule has 134 valence electrons. The smallest absolute Gasteiger partial charge is 0.269 e. The lowest BCUT2D eigenvalue weighted by Gasteiger charge is -2.19. The molecule has 2 atom stereocenters. The van der Waals surface area contributed by atoms with Crippen LogP contribution in [-0.4, -0.2) is 64.5 Å². The molecule has 2 aromatic rings. The van der Waals surface area contributed by atoms with Gasteiger partial charge < -0.3 is 15.2 Å². The molecule has 0 radical (unpaired) electrons. The van der Waals surface area contributed by atoms with Crippen LogP contribution in [0.2, 0.25) is 0 Å². The van der Waals surface area contributed by atoms with E-state index in [0.717, 1.165) is 13.1 Å². The number of hydrogen-bond donors (Lipinski definition) is 3. The summed E-state index contributed by atoms with van der Waals surface area (Å²) in [5, 5.41) is 19.8. The maximum atomic E-state index is 12.5. The third-order valence-electron chi connectivity index (χ3n) is 4.65. The maximum absolute atomic E-state index is 12.5. The van der Waals surface area contributed by atoms with Gasteiger partial charge >= 0.3 is 0 Å². The van der Waals surface area contributed by atoms with Gasteiger partial charge in [0, 0.05) is 31.8 Å². The van der Waals surface area contributed by atoms with Crippen molar-refractivity contribution in [1.29, 1.82) is 0 Å². The van der Waals surface area contributed by atoms with Crippen LogP contribution in [0.1, 0.15) is 24.3 Å². The number of aromatic hydroxyl groups is 1. The SMILES string of the molecule is COC1CN(C(C)C)CC1NC(=O)c1cc(-c2ccccc2O)n[nH]1. The van der Waals surface area contributed by atoms with Crippen LogP contribution < -0.4 is 5.32 Å². The molecule has 0 bridgehead atoms. The predicted octanol–water partition coefficient (Wildman–Crippen LogP) is 1.62. The van der Waals surface area contributed by atoms with Crippen molar-refractivity contribution < 1.29 is 14.6 Å². The summed E-state index contributed by atoms with van der Waals surface area (Å²) in [6, 6.07) is 8.87. The Labute approximate surface area is 147 Å². The van der Waals surface area contributed by atoms with E-state index in [1.807, 2.05) is 6.07 Å². The molecule has 2 heterocycles. The van der Waals surface area contributed by atoms with Crippen molar-refractivity contribution in [2.75, 3.05) is 20.2 Å². The fourth-order valence-corrected chi connectivity index (χ4v) is 3.11. The molecule has 1 saturated heterocycles. The molecule has 0 spiro atoms. The van der Waals surface area contributed by atoms with Gasteiger partial charge in [-0.2, -0.15) is 5.10 Å².